The monoisotopic (exact) mass is 307 g/mol. The number of aromatic amines is 1. The van der Waals surface area contributed by atoms with E-state index < -0.39 is 29.4 Å². The molecule has 5 heterocycles. The van der Waals surface area contributed by atoms with Crippen molar-refractivity contribution in [1.29, 1.82) is 0 Å². The van der Waals surface area contributed by atoms with Crippen molar-refractivity contribution < 1.29 is 14.2 Å². The highest BCUT2D eigenvalue weighted by Gasteiger charge is 2.57. The minimum atomic E-state index is -0.745. The van der Waals surface area contributed by atoms with Crippen LogP contribution in [0.5, 0.6) is 0 Å². The average Bonchev–Trinajstić information content (AvgIpc) is 3.01. The summed E-state index contributed by atoms with van der Waals surface area (Å²) in [7, 11) is 0. The Morgan fingerprint density at radius 3 is 2.86 bits per heavy atom. The van der Waals surface area contributed by atoms with E-state index in [1.165, 1.54) is 9.25 Å². The van der Waals surface area contributed by atoms with Crippen LogP contribution in [0, 0.1) is 0 Å². The molecular weight excluding hydrogens is 294 g/mol. The number of nitrogens with zero attached hydrogens (tertiary/aromatic N) is 4. The summed E-state index contributed by atoms with van der Waals surface area (Å²) in [5.74, 6) is -0.745. The third-order valence-electron chi connectivity index (χ3n) is 4.32. The van der Waals surface area contributed by atoms with Gasteiger partial charge in [-0.3, -0.25) is 9.78 Å². The molecule has 2 aromatic heterocycles. The topological polar surface area (TPSA) is 113 Å². The maximum absolute atomic E-state index is 12.3. The molecule has 5 rings (SSSR count). The summed E-state index contributed by atoms with van der Waals surface area (Å²) in [4.78, 5) is 26.4. The van der Waals surface area contributed by atoms with Gasteiger partial charge >= 0.3 is 5.69 Å². The lowest BCUT2D eigenvalue weighted by Crippen LogP contribution is -2.39. The third kappa shape index (κ3) is 1.39. The average molecular weight is 307 g/mol. The first-order valence-electron chi connectivity index (χ1n) is 7.04. The van der Waals surface area contributed by atoms with E-state index in [4.69, 9.17) is 14.2 Å². The summed E-state index contributed by atoms with van der Waals surface area (Å²) in [6, 6.07) is 0. The van der Waals surface area contributed by atoms with Gasteiger partial charge in [0.25, 0.3) is 5.56 Å². The van der Waals surface area contributed by atoms with Crippen LogP contribution >= 0.6 is 0 Å². The van der Waals surface area contributed by atoms with Crippen molar-refractivity contribution >= 4 is 11.2 Å². The van der Waals surface area contributed by atoms with Crippen LogP contribution in [-0.2, 0) is 20.8 Å². The molecular formula is C12H13N5O5. The molecule has 0 saturated carbocycles. The van der Waals surface area contributed by atoms with Crippen molar-refractivity contribution in [3.63, 3.8) is 0 Å². The summed E-state index contributed by atoms with van der Waals surface area (Å²) in [5, 5.41) is 7.83. The number of fused-ring (bicyclic) bond motifs is 6. The quantitative estimate of drug-likeness (QED) is 0.644. The Labute approximate surface area is 122 Å². The van der Waals surface area contributed by atoms with Gasteiger partial charge in [0.15, 0.2) is 23.2 Å². The second kappa shape index (κ2) is 3.65. The summed E-state index contributed by atoms with van der Waals surface area (Å²) in [6.45, 7) is 3.99. The number of rotatable bonds is 0. The molecule has 0 radical (unpaired) electrons. The van der Waals surface area contributed by atoms with Crippen LogP contribution in [0.3, 0.4) is 0 Å². The number of H-pyrrole nitrogens is 1. The molecule has 2 bridgehead atoms. The van der Waals surface area contributed by atoms with Crippen molar-refractivity contribution in [1.82, 2.24) is 24.5 Å². The fourth-order valence-electron chi connectivity index (χ4n) is 3.55. The minimum absolute atomic E-state index is 0.116. The minimum Gasteiger partial charge on any atom is -0.347 e. The first-order valence-corrected chi connectivity index (χ1v) is 7.04. The first kappa shape index (κ1) is 12.5. The van der Waals surface area contributed by atoms with Crippen molar-refractivity contribution in [2.75, 3.05) is 0 Å². The zero-order valence-electron chi connectivity index (χ0n) is 11.8. The Kier molecular flexibility index (Phi) is 2.07. The van der Waals surface area contributed by atoms with E-state index in [1.807, 2.05) is 13.8 Å². The van der Waals surface area contributed by atoms with Gasteiger partial charge in [-0.25, -0.2) is 14.0 Å². The van der Waals surface area contributed by atoms with Crippen LogP contribution in [-0.4, -0.2) is 48.6 Å². The maximum Gasteiger partial charge on any atom is 0.332 e. The fourth-order valence-corrected chi connectivity index (χ4v) is 3.55. The molecule has 10 nitrogen and oxygen atoms in total. The summed E-state index contributed by atoms with van der Waals surface area (Å²) in [6.07, 6.45) is -1.72. The summed E-state index contributed by atoms with van der Waals surface area (Å²) >= 11 is 0. The van der Waals surface area contributed by atoms with Crippen molar-refractivity contribution in [2.45, 2.75) is 50.7 Å². The van der Waals surface area contributed by atoms with Gasteiger partial charge in [0.2, 0.25) is 0 Å². The van der Waals surface area contributed by atoms with Crippen LogP contribution in [0.2, 0.25) is 0 Å². The Bertz CT molecular complexity index is 911. The van der Waals surface area contributed by atoms with E-state index in [9.17, 15) is 9.59 Å². The van der Waals surface area contributed by atoms with E-state index in [2.05, 4.69) is 15.3 Å². The molecule has 2 aromatic rings. The molecule has 2 fully saturated rings. The highest BCUT2D eigenvalue weighted by atomic mass is 16.8. The van der Waals surface area contributed by atoms with E-state index in [-0.39, 0.29) is 17.7 Å². The standard InChI is InChI=1S/C12H13N5O5/c1-12(2)21-6-4-3-16-9-5(14-15-16)8(18)13-11(19)17(9)10(20-4)7(6)22-12/h4,6-7,10H,3H2,1-2H3,(H,13,18,19)/t4-,6+,7?,10-/m1/s1. The lowest BCUT2D eigenvalue weighted by Gasteiger charge is -2.23. The normalized spacial score (nSPS) is 34.8. The third-order valence-corrected chi connectivity index (χ3v) is 4.32. The lowest BCUT2D eigenvalue weighted by molar-refractivity contribution is -0.196. The maximum atomic E-state index is 12.3. The second-order valence-electron chi connectivity index (χ2n) is 6.20. The second-order valence-corrected chi connectivity index (χ2v) is 6.20. The predicted octanol–water partition coefficient (Wildman–Crippen LogP) is -1.29. The largest absolute Gasteiger partial charge is 0.347 e. The first-order chi connectivity index (χ1) is 10.4. The van der Waals surface area contributed by atoms with Crippen LogP contribution in [0.4, 0.5) is 0 Å². The number of nitrogens with one attached hydrogen (secondary N) is 1. The molecule has 2 saturated heterocycles. The number of hydrogen-bond donors (Lipinski definition) is 1. The predicted molar refractivity (Wildman–Crippen MR) is 70.1 cm³/mol. The molecule has 116 valence electrons. The molecule has 1 N–H and O–H groups in total. The number of aromatic nitrogens is 5. The molecule has 22 heavy (non-hydrogen) atoms. The molecule has 3 aliphatic rings. The summed E-state index contributed by atoms with van der Waals surface area (Å²) < 4.78 is 20.6. The smallest absolute Gasteiger partial charge is 0.332 e. The van der Waals surface area contributed by atoms with E-state index >= 15 is 0 Å². The lowest BCUT2D eigenvalue weighted by atomic mass is 10.1. The van der Waals surface area contributed by atoms with E-state index in [1.54, 1.807) is 0 Å². The zero-order chi connectivity index (χ0) is 15.2. The van der Waals surface area contributed by atoms with Crippen molar-refractivity contribution in [3.8, 4) is 0 Å². The van der Waals surface area contributed by atoms with Gasteiger partial charge in [0.05, 0.1) is 6.54 Å². The van der Waals surface area contributed by atoms with Crippen LogP contribution in [0.15, 0.2) is 9.59 Å². The van der Waals surface area contributed by atoms with Gasteiger partial charge in [0.1, 0.15) is 18.3 Å². The van der Waals surface area contributed by atoms with E-state index in [0.29, 0.717) is 12.2 Å². The molecule has 0 amide bonds. The van der Waals surface area contributed by atoms with Gasteiger partial charge < -0.3 is 14.2 Å². The SMILES string of the molecule is CC1(C)OC2[C@@H](O1)[C@H]1Cn3nnc4c(=O)[nH]c(=O)n(c43)[C@@H]2O1. The number of ether oxygens (including phenoxy) is 3. The highest BCUT2D eigenvalue weighted by Crippen LogP contribution is 2.44. The Morgan fingerprint density at radius 2 is 2.05 bits per heavy atom. The van der Waals surface area contributed by atoms with Gasteiger partial charge in [-0.2, -0.15) is 0 Å². The van der Waals surface area contributed by atoms with Crippen LogP contribution < -0.4 is 11.2 Å². The summed E-state index contributed by atoms with van der Waals surface area (Å²) in [5.41, 5.74) is -0.653. The molecule has 0 aromatic carbocycles. The highest BCUT2D eigenvalue weighted by molar-refractivity contribution is 5.68. The van der Waals surface area contributed by atoms with Crippen LogP contribution in [0.1, 0.15) is 20.1 Å². The Morgan fingerprint density at radius 1 is 1.27 bits per heavy atom. The van der Waals surface area contributed by atoms with Crippen LogP contribution in [0.25, 0.3) is 11.2 Å². The zero-order valence-corrected chi connectivity index (χ0v) is 11.8. The Balaban J connectivity index is 1.80. The number of hydrogen-bond acceptors (Lipinski definition) is 7. The van der Waals surface area contributed by atoms with Gasteiger partial charge in [-0.05, 0) is 13.8 Å². The Hall–Kier alpha value is -2.04. The van der Waals surface area contributed by atoms with Crippen molar-refractivity contribution in [3.05, 3.63) is 20.8 Å². The molecule has 0 spiro atoms. The van der Waals surface area contributed by atoms with Gasteiger partial charge in [-0.15, -0.1) is 5.10 Å². The molecule has 4 atom stereocenters. The molecule has 3 aliphatic heterocycles. The molecule has 0 aliphatic carbocycles. The van der Waals surface area contributed by atoms with Crippen molar-refractivity contribution in [2.24, 2.45) is 0 Å². The molecule has 10 heteroatoms. The van der Waals surface area contributed by atoms with E-state index in [0.717, 1.165) is 0 Å². The van der Waals surface area contributed by atoms with Gasteiger partial charge in [0, 0.05) is 0 Å². The fraction of sp³-hybridized carbons (Fsp3) is 0.667. The molecule has 1 unspecified atom stereocenters. The van der Waals surface area contributed by atoms with Gasteiger partial charge in [-0.1, -0.05) is 5.21 Å².